The second-order valence-electron chi connectivity index (χ2n) is 4.15. The summed E-state index contributed by atoms with van der Waals surface area (Å²) in [5.74, 6) is -0.0443. The molecule has 0 heterocycles. The standard InChI is InChI=1S/2C6H14O3/c7-3-1-2-6(4-8)5-9;7-4-2-1-3-6(9)5-8/h2*6-9H,1-5H2. The number of aliphatic hydroxyl groups excluding tert-OH is 6. The molecule has 0 saturated heterocycles. The Morgan fingerprint density at radius 1 is 0.611 bits per heavy atom. The van der Waals surface area contributed by atoms with Gasteiger partial charge in [0, 0.05) is 32.3 Å². The first kappa shape index (κ1) is 20.1. The normalized spacial score (nSPS) is 12.2. The lowest BCUT2D eigenvalue weighted by Gasteiger charge is -2.07. The van der Waals surface area contributed by atoms with Gasteiger partial charge in [0.1, 0.15) is 0 Å². The van der Waals surface area contributed by atoms with E-state index in [0.717, 1.165) is 6.42 Å². The quantitative estimate of drug-likeness (QED) is 0.279. The molecule has 6 N–H and O–H groups in total. The van der Waals surface area contributed by atoms with Crippen LogP contribution in [-0.2, 0) is 0 Å². The minimum absolute atomic E-state index is 0.0104. The van der Waals surface area contributed by atoms with Gasteiger partial charge in [-0.2, -0.15) is 0 Å². The highest BCUT2D eigenvalue weighted by Gasteiger charge is 2.03. The van der Waals surface area contributed by atoms with Gasteiger partial charge in [-0.1, -0.05) is 0 Å². The molecule has 6 heteroatoms. The Labute approximate surface area is 109 Å². The monoisotopic (exact) mass is 268 g/mol. The van der Waals surface area contributed by atoms with E-state index in [4.69, 9.17) is 30.6 Å². The third-order valence-electron chi connectivity index (χ3n) is 2.44. The van der Waals surface area contributed by atoms with E-state index in [2.05, 4.69) is 0 Å². The first-order valence-corrected chi connectivity index (χ1v) is 6.38. The van der Waals surface area contributed by atoms with Gasteiger partial charge in [-0.3, -0.25) is 0 Å². The van der Waals surface area contributed by atoms with Crippen molar-refractivity contribution in [2.75, 3.05) is 33.0 Å². The highest BCUT2D eigenvalue weighted by Crippen LogP contribution is 2.02. The van der Waals surface area contributed by atoms with Crippen LogP contribution in [0.4, 0.5) is 0 Å². The molecule has 0 fully saturated rings. The number of hydrogen-bond acceptors (Lipinski definition) is 6. The van der Waals surface area contributed by atoms with Crippen molar-refractivity contribution in [3.8, 4) is 0 Å². The Bertz CT molecular complexity index is 141. The Balaban J connectivity index is 0. The molecule has 0 aromatic carbocycles. The maximum absolute atomic E-state index is 8.75. The number of unbranched alkanes of at least 4 members (excludes halogenated alkanes) is 1. The van der Waals surface area contributed by atoms with E-state index in [9.17, 15) is 0 Å². The van der Waals surface area contributed by atoms with Crippen LogP contribution in [0.1, 0.15) is 32.1 Å². The van der Waals surface area contributed by atoms with E-state index in [1.807, 2.05) is 0 Å². The van der Waals surface area contributed by atoms with Crippen molar-refractivity contribution in [2.45, 2.75) is 38.2 Å². The van der Waals surface area contributed by atoms with Crippen molar-refractivity contribution in [3.05, 3.63) is 0 Å². The van der Waals surface area contributed by atoms with Crippen molar-refractivity contribution >= 4 is 0 Å². The van der Waals surface area contributed by atoms with Gasteiger partial charge < -0.3 is 30.6 Å². The van der Waals surface area contributed by atoms with Crippen LogP contribution in [0.2, 0.25) is 0 Å². The van der Waals surface area contributed by atoms with Crippen LogP contribution < -0.4 is 0 Å². The van der Waals surface area contributed by atoms with Crippen molar-refractivity contribution in [3.63, 3.8) is 0 Å². The zero-order valence-electron chi connectivity index (χ0n) is 10.9. The molecule has 18 heavy (non-hydrogen) atoms. The highest BCUT2D eigenvalue weighted by molar-refractivity contribution is 4.54. The van der Waals surface area contributed by atoms with Gasteiger partial charge in [-0.05, 0) is 32.1 Å². The fraction of sp³-hybridized carbons (Fsp3) is 1.00. The van der Waals surface area contributed by atoms with Crippen LogP contribution in [0.15, 0.2) is 0 Å². The lowest BCUT2D eigenvalue weighted by Crippen LogP contribution is -2.11. The predicted octanol–water partition coefficient (Wildman–Crippen LogP) is -1.14. The average Bonchev–Trinajstić information content (AvgIpc) is 2.41. The zero-order valence-corrected chi connectivity index (χ0v) is 10.9. The molecule has 112 valence electrons. The maximum Gasteiger partial charge on any atom is 0.0771 e. The molecule has 0 amide bonds. The molecule has 0 aromatic heterocycles. The summed E-state index contributed by atoms with van der Waals surface area (Å²) in [6.07, 6.45) is 2.82. The predicted molar refractivity (Wildman–Crippen MR) is 68.0 cm³/mol. The van der Waals surface area contributed by atoms with E-state index in [1.165, 1.54) is 0 Å². The van der Waals surface area contributed by atoms with E-state index in [0.29, 0.717) is 25.7 Å². The van der Waals surface area contributed by atoms with Crippen LogP contribution in [-0.4, -0.2) is 69.8 Å². The van der Waals surface area contributed by atoms with Gasteiger partial charge in [0.25, 0.3) is 0 Å². The van der Waals surface area contributed by atoms with Crippen molar-refractivity contribution in [1.29, 1.82) is 0 Å². The second kappa shape index (κ2) is 16.8. The molecule has 6 nitrogen and oxygen atoms in total. The molecule has 1 atom stereocenters. The Morgan fingerprint density at radius 2 is 1.17 bits per heavy atom. The van der Waals surface area contributed by atoms with Gasteiger partial charge in [-0.25, -0.2) is 0 Å². The first-order valence-electron chi connectivity index (χ1n) is 6.38. The van der Waals surface area contributed by atoms with Gasteiger partial charge in [0.05, 0.1) is 12.7 Å². The lowest BCUT2D eigenvalue weighted by atomic mass is 10.1. The van der Waals surface area contributed by atoms with E-state index >= 15 is 0 Å². The molecular weight excluding hydrogens is 240 g/mol. The highest BCUT2D eigenvalue weighted by atomic mass is 16.3. The molecule has 0 rings (SSSR count). The molecule has 0 saturated carbocycles. The summed E-state index contributed by atoms with van der Waals surface area (Å²) in [6, 6.07) is 0. The topological polar surface area (TPSA) is 121 Å². The van der Waals surface area contributed by atoms with Gasteiger partial charge in [0.2, 0.25) is 0 Å². The van der Waals surface area contributed by atoms with Gasteiger partial charge in [0.15, 0.2) is 0 Å². The summed E-state index contributed by atoms with van der Waals surface area (Å²) in [7, 11) is 0. The Hall–Kier alpha value is -0.240. The van der Waals surface area contributed by atoms with E-state index in [1.54, 1.807) is 0 Å². The number of aliphatic hydroxyl groups is 6. The average molecular weight is 268 g/mol. The molecule has 0 aliphatic heterocycles. The minimum atomic E-state index is -0.600. The number of rotatable bonds is 10. The zero-order chi connectivity index (χ0) is 14.2. The van der Waals surface area contributed by atoms with Crippen LogP contribution in [0.5, 0.6) is 0 Å². The molecule has 0 aromatic rings. The summed E-state index contributed by atoms with van der Waals surface area (Å²) in [4.78, 5) is 0. The molecule has 0 radical (unpaired) electrons. The van der Waals surface area contributed by atoms with Crippen molar-refractivity contribution < 1.29 is 30.6 Å². The maximum atomic E-state index is 8.75. The van der Waals surface area contributed by atoms with Crippen LogP contribution >= 0.6 is 0 Å². The summed E-state index contributed by atoms with van der Waals surface area (Å²) >= 11 is 0. The molecule has 1 unspecified atom stereocenters. The molecule has 0 aliphatic rings. The van der Waals surface area contributed by atoms with Crippen molar-refractivity contribution in [2.24, 2.45) is 5.92 Å². The van der Waals surface area contributed by atoms with E-state index in [-0.39, 0.29) is 39.0 Å². The minimum Gasteiger partial charge on any atom is -0.396 e. The van der Waals surface area contributed by atoms with Gasteiger partial charge in [-0.15, -0.1) is 0 Å². The lowest BCUT2D eigenvalue weighted by molar-refractivity contribution is 0.0848. The summed E-state index contributed by atoms with van der Waals surface area (Å²) in [6.45, 7) is 0.146. The summed E-state index contributed by atoms with van der Waals surface area (Å²) in [5.41, 5.74) is 0. The van der Waals surface area contributed by atoms with Crippen LogP contribution in [0, 0.1) is 5.92 Å². The number of hydrogen-bond donors (Lipinski definition) is 6. The largest absolute Gasteiger partial charge is 0.396 e. The summed E-state index contributed by atoms with van der Waals surface area (Å²) in [5, 5.41) is 50.7. The fourth-order valence-electron chi connectivity index (χ4n) is 1.20. The molecular formula is C12H28O6. The smallest absolute Gasteiger partial charge is 0.0771 e. The molecule has 0 aliphatic carbocycles. The van der Waals surface area contributed by atoms with Crippen LogP contribution in [0.3, 0.4) is 0 Å². The van der Waals surface area contributed by atoms with E-state index < -0.39 is 6.10 Å². The SMILES string of the molecule is OCCCC(CO)CO.OCCCCC(O)CO. The Morgan fingerprint density at radius 3 is 1.56 bits per heavy atom. The third-order valence-corrected chi connectivity index (χ3v) is 2.44. The fourth-order valence-corrected chi connectivity index (χ4v) is 1.20. The Kier molecular flexibility index (Phi) is 18.7. The first-order chi connectivity index (χ1) is 8.65. The van der Waals surface area contributed by atoms with Crippen LogP contribution in [0.25, 0.3) is 0 Å². The van der Waals surface area contributed by atoms with Crippen molar-refractivity contribution in [1.82, 2.24) is 0 Å². The molecule has 0 bridgehead atoms. The second-order valence-corrected chi connectivity index (χ2v) is 4.15. The third kappa shape index (κ3) is 15.8. The molecule has 0 spiro atoms. The van der Waals surface area contributed by atoms with Gasteiger partial charge >= 0.3 is 0 Å². The summed E-state index contributed by atoms with van der Waals surface area (Å²) < 4.78 is 0.